The fourth-order valence-electron chi connectivity index (χ4n) is 3.52. The number of nitrogens with zero attached hydrogens (tertiary/aromatic N) is 2. The number of rotatable bonds is 4. The highest BCUT2D eigenvalue weighted by molar-refractivity contribution is 7.88. The third-order valence-electron chi connectivity index (χ3n) is 4.85. The molecule has 1 N–H and O–H groups in total. The van der Waals surface area contributed by atoms with Gasteiger partial charge in [0, 0.05) is 45.3 Å². The number of piperazine rings is 1. The van der Waals surface area contributed by atoms with E-state index < -0.39 is 27.5 Å². The Hall–Kier alpha value is -1.16. The van der Waals surface area contributed by atoms with E-state index in [2.05, 4.69) is 10.2 Å². The molecule has 0 spiro atoms. The zero-order valence-electron chi connectivity index (χ0n) is 13.8. The normalized spacial score (nSPS) is 23.9. The van der Waals surface area contributed by atoms with Crippen molar-refractivity contribution in [2.24, 2.45) is 0 Å². The Morgan fingerprint density at radius 3 is 2.48 bits per heavy atom. The lowest BCUT2D eigenvalue weighted by atomic mass is 10.1. The van der Waals surface area contributed by atoms with Crippen LogP contribution in [-0.4, -0.2) is 62.9 Å². The second kappa shape index (κ2) is 7.22. The van der Waals surface area contributed by atoms with Gasteiger partial charge in [-0.2, -0.15) is 13.2 Å². The molecular formula is C16H22F3N3O2S. The minimum Gasteiger partial charge on any atom is -0.314 e. The van der Waals surface area contributed by atoms with Crippen LogP contribution in [-0.2, 0) is 22.0 Å². The lowest BCUT2D eigenvalue weighted by Crippen LogP contribution is -2.49. The quantitative estimate of drug-likeness (QED) is 0.864. The smallest absolute Gasteiger partial charge is 0.314 e. The summed E-state index contributed by atoms with van der Waals surface area (Å²) in [5.41, 5.74) is -1.07. The first-order valence-electron chi connectivity index (χ1n) is 8.35. The molecule has 3 rings (SSSR count). The van der Waals surface area contributed by atoms with Gasteiger partial charge in [-0.1, -0.05) is 18.2 Å². The summed E-state index contributed by atoms with van der Waals surface area (Å²) in [4.78, 5) is 2.26. The van der Waals surface area contributed by atoms with Crippen LogP contribution in [0, 0.1) is 0 Å². The Morgan fingerprint density at radius 1 is 1.12 bits per heavy atom. The Balaban J connectivity index is 1.71. The molecule has 140 valence electrons. The first-order chi connectivity index (χ1) is 11.8. The topological polar surface area (TPSA) is 52.7 Å². The zero-order valence-corrected chi connectivity index (χ0v) is 14.6. The van der Waals surface area contributed by atoms with E-state index >= 15 is 0 Å². The summed E-state index contributed by atoms with van der Waals surface area (Å²) in [6, 6.07) is 5.03. The predicted octanol–water partition coefficient (Wildman–Crippen LogP) is 1.51. The van der Waals surface area contributed by atoms with Crippen molar-refractivity contribution in [1.82, 2.24) is 14.5 Å². The van der Waals surface area contributed by atoms with Gasteiger partial charge in [0.25, 0.3) is 0 Å². The van der Waals surface area contributed by atoms with E-state index in [9.17, 15) is 21.6 Å². The SMILES string of the molecule is O=S(=O)(Cc1ccccc1C(F)(F)F)N1CCC(N2CCNCC2)C1. The second-order valence-electron chi connectivity index (χ2n) is 6.50. The van der Waals surface area contributed by atoms with Gasteiger partial charge in [0.05, 0.1) is 11.3 Å². The molecule has 2 heterocycles. The number of benzene rings is 1. The van der Waals surface area contributed by atoms with E-state index in [-0.39, 0.29) is 11.6 Å². The average Bonchev–Trinajstić information content (AvgIpc) is 3.06. The van der Waals surface area contributed by atoms with Crippen LogP contribution in [0.3, 0.4) is 0 Å². The lowest BCUT2D eigenvalue weighted by molar-refractivity contribution is -0.138. The van der Waals surface area contributed by atoms with Crippen molar-refractivity contribution in [2.45, 2.75) is 24.4 Å². The van der Waals surface area contributed by atoms with E-state index in [0.29, 0.717) is 13.1 Å². The molecule has 5 nitrogen and oxygen atoms in total. The van der Waals surface area contributed by atoms with Crippen LogP contribution in [0.2, 0.25) is 0 Å². The zero-order chi connectivity index (χ0) is 18.1. The van der Waals surface area contributed by atoms with Crippen LogP contribution >= 0.6 is 0 Å². The molecule has 0 aromatic heterocycles. The summed E-state index contributed by atoms with van der Waals surface area (Å²) in [5, 5.41) is 3.25. The Morgan fingerprint density at radius 2 is 1.80 bits per heavy atom. The van der Waals surface area contributed by atoms with Crippen LogP contribution in [0.4, 0.5) is 13.2 Å². The van der Waals surface area contributed by atoms with Crippen molar-refractivity contribution in [2.75, 3.05) is 39.3 Å². The number of sulfonamides is 1. The van der Waals surface area contributed by atoms with E-state index in [1.165, 1.54) is 22.5 Å². The molecule has 0 aliphatic carbocycles. The first-order valence-corrected chi connectivity index (χ1v) is 9.96. The van der Waals surface area contributed by atoms with Gasteiger partial charge in [-0.3, -0.25) is 4.90 Å². The third-order valence-corrected chi connectivity index (χ3v) is 6.64. The fourth-order valence-corrected chi connectivity index (χ4v) is 5.13. The van der Waals surface area contributed by atoms with Gasteiger partial charge in [0.15, 0.2) is 0 Å². The largest absolute Gasteiger partial charge is 0.416 e. The maximum absolute atomic E-state index is 13.1. The summed E-state index contributed by atoms with van der Waals surface area (Å²) >= 11 is 0. The summed E-state index contributed by atoms with van der Waals surface area (Å²) in [6.45, 7) is 4.22. The maximum atomic E-state index is 13.1. The molecule has 0 amide bonds. The molecule has 2 saturated heterocycles. The maximum Gasteiger partial charge on any atom is 0.416 e. The van der Waals surface area contributed by atoms with Crippen molar-refractivity contribution in [3.63, 3.8) is 0 Å². The standard InChI is InChI=1S/C16H22F3N3O2S/c17-16(18,19)15-4-2-1-3-13(15)12-25(23,24)22-8-5-14(11-22)21-9-6-20-7-10-21/h1-4,14,20H,5-12H2. The highest BCUT2D eigenvalue weighted by Gasteiger charge is 2.38. The minimum atomic E-state index is -4.56. The van der Waals surface area contributed by atoms with Gasteiger partial charge < -0.3 is 5.32 Å². The molecule has 9 heteroatoms. The number of halogens is 3. The molecule has 1 aromatic carbocycles. The Bertz CT molecular complexity index is 703. The van der Waals surface area contributed by atoms with Crippen molar-refractivity contribution in [3.8, 4) is 0 Å². The van der Waals surface area contributed by atoms with Crippen molar-refractivity contribution >= 4 is 10.0 Å². The molecule has 0 bridgehead atoms. The van der Waals surface area contributed by atoms with Crippen molar-refractivity contribution in [3.05, 3.63) is 35.4 Å². The van der Waals surface area contributed by atoms with Crippen LogP contribution in [0.5, 0.6) is 0 Å². The molecule has 2 aliphatic heterocycles. The summed E-state index contributed by atoms with van der Waals surface area (Å²) in [6.07, 6.45) is -3.83. The number of nitrogens with one attached hydrogen (secondary N) is 1. The summed E-state index contributed by atoms with van der Waals surface area (Å²) < 4.78 is 65.9. The number of hydrogen-bond donors (Lipinski definition) is 1. The molecular weight excluding hydrogens is 355 g/mol. The molecule has 1 unspecified atom stereocenters. The van der Waals surface area contributed by atoms with Crippen LogP contribution in [0.15, 0.2) is 24.3 Å². The van der Waals surface area contributed by atoms with Gasteiger partial charge in [0.2, 0.25) is 10.0 Å². The highest BCUT2D eigenvalue weighted by Crippen LogP contribution is 2.33. The van der Waals surface area contributed by atoms with Crippen molar-refractivity contribution < 1.29 is 21.6 Å². The molecule has 1 aromatic rings. The van der Waals surface area contributed by atoms with Gasteiger partial charge in [-0.05, 0) is 18.1 Å². The summed E-state index contributed by atoms with van der Waals surface area (Å²) in [7, 11) is -3.78. The number of hydrogen-bond acceptors (Lipinski definition) is 4. The average molecular weight is 377 g/mol. The van der Waals surface area contributed by atoms with Gasteiger partial charge >= 0.3 is 6.18 Å². The fraction of sp³-hybridized carbons (Fsp3) is 0.625. The molecule has 0 radical (unpaired) electrons. The van der Waals surface area contributed by atoms with Crippen LogP contribution in [0.1, 0.15) is 17.5 Å². The minimum absolute atomic E-state index is 0.148. The van der Waals surface area contributed by atoms with E-state index in [1.54, 1.807) is 0 Å². The van der Waals surface area contributed by atoms with Gasteiger partial charge in [-0.15, -0.1) is 0 Å². The van der Waals surface area contributed by atoms with E-state index in [1.807, 2.05) is 0 Å². The van der Waals surface area contributed by atoms with E-state index in [0.717, 1.165) is 38.7 Å². The molecule has 1 atom stereocenters. The molecule has 2 fully saturated rings. The van der Waals surface area contributed by atoms with Crippen LogP contribution < -0.4 is 5.32 Å². The van der Waals surface area contributed by atoms with Crippen molar-refractivity contribution in [1.29, 1.82) is 0 Å². The second-order valence-corrected chi connectivity index (χ2v) is 8.47. The molecule has 25 heavy (non-hydrogen) atoms. The molecule has 2 aliphatic rings. The van der Waals surface area contributed by atoms with E-state index in [4.69, 9.17) is 0 Å². The van der Waals surface area contributed by atoms with Crippen LogP contribution in [0.25, 0.3) is 0 Å². The Kier molecular flexibility index (Phi) is 5.38. The summed E-state index contributed by atoms with van der Waals surface area (Å²) in [5.74, 6) is -0.614. The number of alkyl halides is 3. The lowest BCUT2D eigenvalue weighted by Gasteiger charge is -2.32. The predicted molar refractivity (Wildman–Crippen MR) is 88.5 cm³/mol. The van der Waals surface area contributed by atoms with Gasteiger partial charge in [-0.25, -0.2) is 12.7 Å². The first kappa shape index (κ1) is 18.6. The monoisotopic (exact) mass is 377 g/mol. The third kappa shape index (κ3) is 4.33. The Labute approximate surface area is 145 Å². The highest BCUT2D eigenvalue weighted by atomic mass is 32.2. The molecule has 0 saturated carbocycles. The van der Waals surface area contributed by atoms with Gasteiger partial charge in [0.1, 0.15) is 0 Å².